The molecule has 0 radical (unpaired) electrons. The number of H-pyrrole nitrogens is 1. The van der Waals surface area contributed by atoms with E-state index in [-0.39, 0.29) is 5.56 Å². The van der Waals surface area contributed by atoms with E-state index in [4.69, 9.17) is 4.98 Å². The number of hydrogen-bond donors (Lipinski definition) is 1. The third kappa shape index (κ3) is 4.15. The minimum Gasteiger partial charge on any atom is -0.292 e. The van der Waals surface area contributed by atoms with Gasteiger partial charge in [-0.3, -0.25) is 9.36 Å². The van der Waals surface area contributed by atoms with Gasteiger partial charge in [0.15, 0.2) is 5.65 Å². The van der Waals surface area contributed by atoms with E-state index >= 15 is 0 Å². The summed E-state index contributed by atoms with van der Waals surface area (Å²) in [7, 11) is 0. The number of aryl methyl sites for hydroxylation is 1. The quantitative estimate of drug-likeness (QED) is 0.412. The van der Waals surface area contributed by atoms with Crippen molar-refractivity contribution in [3.63, 3.8) is 0 Å². The van der Waals surface area contributed by atoms with Gasteiger partial charge >= 0.3 is 0 Å². The third-order valence-corrected chi connectivity index (χ3v) is 5.68. The van der Waals surface area contributed by atoms with Crippen molar-refractivity contribution in [2.24, 2.45) is 0 Å². The highest BCUT2D eigenvalue weighted by Crippen LogP contribution is 2.29. The van der Waals surface area contributed by atoms with Gasteiger partial charge in [0, 0.05) is 18.2 Å². The first-order chi connectivity index (χ1) is 16.2. The van der Waals surface area contributed by atoms with Gasteiger partial charge in [0.05, 0.1) is 11.9 Å². The van der Waals surface area contributed by atoms with Crippen molar-refractivity contribution in [1.29, 1.82) is 0 Å². The van der Waals surface area contributed by atoms with E-state index in [1.54, 1.807) is 22.9 Å². The molecule has 8 nitrogen and oxygen atoms in total. The Kier molecular flexibility index (Phi) is 5.72. The van der Waals surface area contributed by atoms with Gasteiger partial charge < -0.3 is 0 Å². The monoisotopic (exact) mass is 437 g/mol. The van der Waals surface area contributed by atoms with Crippen molar-refractivity contribution < 1.29 is 0 Å². The molecule has 1 N–H and O–H groups in total. The van der Waals surface area contributed by atoms with Crippen LogP contribution in [0.15, 0.2) is 71.7 Å². The molecular weight excluding hydrogens is 414 g/mol. The number of hydrogen-bond acceptors (Lipinski definition) is 6. The largest absolute Gasteiger partial charge is 0.292 e. The van der Waals surface area contributed by atoms with Gasteiger partial charge in [-0.1, -0.05) is 61.9 Å². The number of unbranched alkanes of at least 4 members (excludes halogenated alkanes) is 1. The summed E-state index contributed by atoms with van der Waals surface area (Å²) in [6.07, 6.45) is 4.42. The van der Waals surface area contributed by atoms with E-state index in [2.05, 4.69) is 44.7 Å². The molecule has 0 amide bonds. The molecule has 5 aromatic rings. The Balaban J connectivity index is 1.50. The van der Waals surface area contributed by atoms with E-state index < -0.39 is 0 Å². The fourth-order valence-electron chi connectivity index (χ4n) is 3.97. The number of aromatic amines is 1. The van der Waals surface area contributed by atoms with E-state index in [0.717, 1.165) is 47.3 Å². The highest BCUT2D eigenvalue weighted by molar-refractivity contribution is 5.80. The molecule has 0 fully saturated rings. The Morgan fingerprint density at radius 3 is 2.55 bits per heavy atom. The molecule has 0 aliphatic heterocycles. The zero-order valence-corrected chi connectivity index (χ0v) is 18.3. The molecule has 0 aliphatic carbocycles. The van der Waals surface area contributed by atoms with E-state index in [9.17, 15) is 4.79 Å². The smallest absolute Gasteiger partial charge is 0.263 e. The van der Waals surface area contributed by atoms with Crippen molar-refractivity contribution in [2.45, 2.75) is 32.7 Å². The third-order valence-electron chi connectivity index (χ3n) is 5.68. The summed E-state index contributed by atoms with van der Waals surface area (Å²) in [5.41, 5.74) is 4.45. The fraction of sp³-hybridized carbons (Fsp3) is 0.200. The second-order valence-corrected chi connectivity index (χ2v) is 7.88. The summed E-state index contributed by atoms with van der Waals surface area (Å²) in [5, 5.41) is 15.0. The number of fused-ring (bicyclic) bond motifs is 1. The van der Waals surface area contributed by atoms with Gasteiger partial charge in [-0.25, -0.2) is 9.97 Å². The number of pyridine rings is 1. The average molecular weight is 438 g/mol. The van der Waals surface area contributed by atoms with Crippen LogP contribution < -0.4 is 5.56 Å². The maximum atomic E-state index is 13.2. The molecule has 0 bridgehead atoms. The van der Waals surface area contributed by atoms with Crippen LogP contribution in [0.2, 0.25) is 0 Å². The van der Waals surface area contributed by atoms with Gasteiger partial charge in [0.25, 0.3) is 5.56 Å². The van der Waals surface area contributed by atoms with Crippen LogP contribution in [0.4, 0.5) is 0 Å². The second kappa shape index (κ2) is 9.12. The summed E-state index contributed by atoms with van der Waals surface area (Å²) in [4.78, 5) is 22.2. The van der Waals surface area contributed by atoms with Crippen molar-refractivity contribution in [3.05, 3.63) is 88.6 Å². The summed E-state index contributed by atoms with van der Waals surface area (Å²) in [6.45, 7) is 2.59. The fourth-order valence-corrected chi connectivity index (χ4v) is 3.97. The van der Waals surface area contributed by atoms with Crippen LogP contribution in [0.25, 0.3) is 33.5 Å². The molecule has 0 unspecified atom stereocenters. The molecule has 5 rings (SSSR count). The Morgan fingerprint density at radius 2 is 1.79 bits per heavy atom. The van der Waals surface area contributed by atoms with E-state index in [1.165, 1.54) is 0 Å². The Labute approximate surface area is 190 Å². The Morgan fingerprint density at radius 1 is 0.970 bits per heavy atom. The standard InChI is InChI=1S/C25H23N7O/c1-2-3-10-22-27-23-21(9-6-15-26-23)25(33)32(22)16-17-11-13-18(14-12-17)19-7-4-5-8-20(19)24-28-30-31-29-24/h4-9,11-15H,2-3,10,16H2,1H3,(H,28,29,30,31). The zero-order valence-electron chi connectivity index (χ0n) is 18.3. The summed E-state index contributed by atoms with van der Waals surface area (Å²) in [5.74, 6) is 1.33. The van der Waals surface area contributed by atoms with Gasteiger partial charge in [-0.05, 0) is 40.5 Å². The van der Waals surface area contributed by atoms with Crippen LogP contribution in [0.1, 0.15) is 31.2 Å². The molecule has 3 heterocycles. The van der Waals surface area contributed by atoms with Gasteiger partial charge in [0.2, 0.25) is 5.82 Å². The minimum absolute atomic E-state index is 0.0502. The number of tetrazole rings is 1. The van der Waals surface area contributed by atoms with E-state index in [1.807, 2.05) is 36.4 Å². The average Bonchev–Trinajstić information content (AvgIpc) is 3.40. The molecular formula is C25H23N7O. The molecule has 0 saturated heterocycles. The molecule has 8 heteroatoms. The maximum Gasteiger partial charge on any atom is 0.263 e. The lowest BCUT2D eigenvalue weighted by Gasteiger charge is -2.14. The van der Waals surface area contributed by atoms with Gasteiger partial charge in [0.1, 0.15) is 5.82 Å². The normalized spacial score (nSPS) is 11.2. The lowest BCUT2D eigenvalue weighted by Crippen LogP contribution is -2.26. The molecule has 33 heavy (non-hydrogen) atoms. The highest BCUT2D eigenvalue weighted by Gasteiger charge is 2.13. The molecule has 0 atom stereocenters. The van der Waals surface area contributed by atoms with Crippen LogP contribution in [0, 0.1) is 0 Å². The topological polar surface area (TPSA) is 102 Å². The first-order valence-corrected chi connectivity index (χ1v) is 11.0. The number of nitrogens with zero attached hydrogens (tertiary/aromatic N) is 6. The van der Waals surface area contributed by atoms with Gasteiger partial charge in [-0.15, -0.1) is 10.2 Å². The van der Waals surface area contributed by atoms with Crippen molar-refractivity contribution in [2.75, 3.05) is 0 Å². The predicted octanol–water partition coefficient (Wildman–Crippen LogP) is 4.03. The van der Waals surface area contributed by atoms with Crippen LogP contribution >= 0.6 is 0 Å². The first-order valence-electron chi connectivity index (χ1n) is 11.0. The number of nitrogens with one attached hydrogen (secondary N) is 1. The summed E-state index contributed by atoms with van der Waals surface area (Å²) >= 11 is 0. The molecule has 0 aliphatic rings. The number of benzene rings is 2. The Hall–Kier alpha value is -4.20. The van der Waals surface area contributed by atoms with Gasteiger partial charge in [-0.2, -0.15) is 5.21 Å². The Bertz CT molecular complexity index is 1440. The van der Waals surface area contributed by atoms with Crippen molar-refractivity contribution in [1.82, 2.24) is 35.2 Å². The minimum atomic E-state index is -0.0502. The van der Waals surface area contributed by atoms with Crippen LogP contribution in [0.5, 0.6) is 0 Å². The van der Waals surface area contributed by atoms with E-state index in [0.29, 0.717) is 23.4 Å². The second-order valence-electron chi connectivity index (χ2n) is 7.88. The molecule has 0 spiro atoms. The predicted molar refractivity (Wildman–Crippen MR) is 127 cm³/mol. The molecule has 0 saturated carbocycles. The number of aromatic nitrogens is 7. The van der Waals surface area contributed by atoms with Crippen LogP contribution in [-0.2, 0) is 13.0 Å². The molecule has 2 aromatic carbocycles. The lowest BCUT2D eigenvalue weighted by atomic mass is 9.98. The zero-order chi connectivity index (χ0) is 22.6. The maximum absolute atomic E-state index is 13.2. The van der Waals surface area contributed by atoms with Crippen molar-refractivity contribution >= 4 is 11.0 Å². The van der Waals surface area contributed by atoms with Crippen LogP contribution in [0.3, 0.4) is 0 Å². The van der Waals surface area contributed by atoms with Crippen LogP contribution in [-0.4, -0.2) is 35.2 Å². The SMILES string of the molecule is CCCCc1nc2ncccc2c(=O)n1Cc1ccc(-c2ccccc2-c2nn[nH]n2)cc1. The first kappa shape index (κ1) is 20.7. The summed E-state index contributed by atoms with van der Waals surface area (Å²) in [6, 6.07) is 19.7. The highest BCUT2D eigenvalue weighted by atomic mass is 16.1. The number of rotatable bonds is 7. The lowest BCUT2D eigenvalue weighted by molar-refractivity contribution is 0.645. The molecule has 164 valence electrons. The van der Waals surface area contributed by atoms with Crippen molar-refractivity contribution in [3.8, 4) is 22.5 Å². The summed E-state index contributed by atoms with van der Waals surface area (Å²) < 4.78 is 1.78. The molecule has 3 aromatic heterocycles.